The topological polar surface area (TPSA) is 156 Å². The molecule has 19 aromatic carbocycles. The fourth-order valence-corrected chi connectivity index (χ4v) is 21.2. The van der Waals surface area contributed by atoms with Gasteiger partial charge in [0.25, 0.3) is 0 Å². The Balaban J connectivity index is 0.000000106. The summed E-state index contributed by atoms with van der Waals surface area (Å²) in [5, 5.41) is 14.3. The third kappa shape index (κ3) is 14.0. The standard InChI is InChI=1S/C46H28N2O2.C46H28N2OS.C34H18N2O3/c1-2-11-29(12-3-1)30-23-25-31(26-24-30)32-13-8-14-33(27-32)34-15-9-16-35(28-34)44-43-37-18-5-7-21-40(37)50-46(43)48-45(47-44)38-19-10-22-41-42(38)36-17-4-6-20-39(36)49-41;1-2-11-29(12-3-1)30-23-25-31(26-24-30)32-13-8-14-33(27-32)34-15-9-16-35(28-34)44-43-36-17-4-6-20-39(36)49-46(43)48-45(47-44)38-19-10-22-41-42(38)37-18-5-7-21-40(37)50-41;1-4-16-26-19(9-1)21-12-7-14-24(31(21)37-26)30-29-23-11-3-6-18-28(23)39-34(29)36-33(35-30)25-15-8-13-22-20-10-2-5-17-27(20)38-32(22)25/h2*1-28H;1-18H. The van der Waals surface area contributed by atoms with Crippen LogP contribution >= 0.6 is 11.3 Å². The highest BCUT2D eigenvalue weighted by molar-refractivity contribution is 7.26. The van der Waals surface area contributed by atoms with Gasteiger partial charge in [0.05, 0.1) is 38.8 Å². The first-order valence-electron chi connectivity index (χ1n) is 46.3. The lowest BCUT2D eigenvalue weighted by Crippen LogP contribution is -1.95. The van der Waals surface area contributed by atoms with Crippen LogP contribution in [-0.4, -0.2) is 29.9 Å². The monoisotopic (exact) mass is 1800 g/mol. The Labute approximate surface area is 798 Å². The van der Waals surface area contributed by atoms with E-state index in [1.165, 1.54) is 64.7 Å². The lowest BCUT2D eigenvalue weighted by molar-refractivity contribution is 0.652. The molecule has 0 saturated heterocycles. The van der Waals surface area contributed by atoms with Crippen molar-refractivity contribution in [1.29, 1.82) is 0 Å². The number of rotatable bonds is 12. The second-order valence-electron chi connectivity index (χ2n) is 34.8. The minimum atomic E-state index is 0.525. The van der Waals surface area contributed by atoms with Gasteiger partial charge in [-0.3, -0.25) is 0 Å². The Bertz CT molecular complexity index is 9540. The van der Waals surface area contributed by atoms with Crippen LogP contribution in [0, 0.1) is 0 Å². The van der Waals surface area contributed by atoms with Crippen molar-refractivity contribution in [3.05, 3.63) is 449 Å². The lowest BCUT2D eigenvalue weighted by atomic mass is 9.95. The molecule has 29 aromatic rings. The van der Waals surface area contributed by atoms with Crippen molar-refractivity contribution in [2.45, 2.75) is 0 Å². The van der Waals surface area contributed by atoms with Gasteiger partial charge in [0.15, 0.2) is 17.5 Å². The zero-order chi connectivity index (χ0) is 91.5. The third-order valence-corrected chi connectivity index (χ3v) is 27.8. The van der Waals surface area contributed by atoms with Crippen LogP contribution in [0.25, 0.3) is 287 Å². The van der Waals surface area contributed by atoms with Gasteiger partial charge >= 0.3 is 0 Å². The van der Waals surface area contributed by atoms with Crippen LogP contribution < -0.4 is 0 Å². The summed E-state index contributed by atoms with van der Waals surface area (Å²) in [5.41, 5.74) is 31.0. The highest BCUT2D eigenvalue weighted by atomic mass is 32.1. The van der Waals surface area contributed by atoms with Gasteiger partial charge in [0, 0.05) is 96.5 Å². The van der Waals surface area contributed by atoms with Crippen LogP contribution in [-0.2, 0) is 0 Å². The van der Waals surface area contributed by atoms with E-state index in [9.17, 15) is 0 Å². The van der Waals surface area contributed by atoms with Crippen molar-refractivity contribution < 1.29 is 26.5 Å². The number of thiophene rings is 1. The first-order chi connectivity index (χ1) is 68.9. The first kappa shape index (κ1) is 80.1. The molecule has 0 aliphatic heterocycles. The van der Waals surface area contributed by atoms with Gasteiger partial charge in [-0.15, -0.1) is 11.3 Å². The van der Waals surface area contributed by atoms with Crippen LogP contribution in [0.5, 0.6) is 0 Å². The molecular weight excluding hydrogens is 1730 g/mol. The molecule has 0 unspecified atom stereocenters. The molecule has 139 heavy (non-hydrogen) atoms. The van der Waals surface area contributed by atoms with E-state index < -0.39 is 0 Å². The minimum Gasteiger partial charge on any atom is -0.456 e. The van der Waals surface area contributed by atoms with E-state index in [0.29, 0.717) is 34.6 Å². The zero-order valence-electron chi connectivity index (χ0n) is 74.3. The average molecular weight is 1800 g/mol. The van der Waals surface area contributed by atoms with Gasteiger partial charge < -0.3 is 26.5 Å². The minimum absolute atomic E-state index is 0.525. The van der Waals surface area contributed by atoms with E-state index in [0.717, 1.165) is 188 Å². The Hall–Kier alpha value is -18.6. The summed E-state index contributed by atoms with van der Waals surface area (Å²) < 4.78 is 40.6. The number of para-hydroxylation sites is 8. The molecule has 29 rings (SSSR count). The number of hydrogen-bond acceptors (Lipinski definition) is 13. The van der Waals surface area contributed by atoms with Gasteiger partial charge in [-0.1, -0.05) is 358 Å². The molecule has 0 saturated carbocycles. The number of benzene rings is 19. The van der Waals surface area contributed by atoms with E-state index in [1.54, 1.807) is 11.3 Å². The van der Waals surface area contributed by atoms with Crippen LogP contribution in [0.4, 0.5) is 0 Å². The summed E-state index contributed by atoms with van der Waals surface area (Å²) in [6, 6.07) is 155. The summed E-state index contributed by atoms with van der Waals surface area (Å²) in [5.74, 6) is 1.79. The van der Waals surface area contributed by atoms with E-state index >= 15 is 0 Å². The van der Waals surface area contributed by atoms with Crippen molar-refractivity contribution in [3.63, 3.8) is 0 Å². The van der Waals surface area contributed by atoms with E-state index in [-0.39, 0.29) is 0 Å². The van der Waals surface area contributed by atoms with Gasteiger partial charge in [-0.25, -0.2) is 15.0 Å². The summed E-state index contributed by atoms with van der Waals surface area (Å²) in [4.78, 5) is 31.0. The van der Waals surface area contributed by atoms with E-state index in [1.807, 2.05) is 146 Å². The molecule has 0 spiro atoms. The van der Waals surface area contributed by atoms with Crippen LogP contribution in [0.3, 0.4) is 0 Å². The van der Waals surface area contributed by atoms with Crippen molar-refractivity contribution in [1.82, 2.24) is 29.9 Å². The quantitative estimate of drug-likeness (QED) is 0.114. The Morgan fingerprint density at radius 2 is 0.424 bits per heavy atom. The van der Waals surface area contributed by atoms with Crippen LogP contribution in [0.1, 0.15) is 0 Å². The molecule has 0 bridgehead atoms. The highest BCUT2D eigenvalue weighted by Gasteiger charge is 2.28. The van der Waals surface area contributed by atoms with Gasteiger partial charge in [-0.05, 0) is 158 Å². The zero-order valence-corrected chi connectivity index (χ0v) is 75.1. The van der Waals surface area contributed by atoms with Gasteiger partial charge in [0.1, 0.15) is 50.2 Å². The number of hydrogen-bond donors (Lipinski definition) is 0. The molecule has 0 aliphatic rings. The van der Waals surface area contributed by atoms with Gasteiger partial charge in [-0.2, -0.15) is 15.0 Å². The largest absolute Gasteiger partial charge is 0.456 e. The van der Waals surface area contributed by atoms with E-state index in [2.05, 4.69) is 303 Å². The molecule has 12 nitrogen and oxygen atoms in total. The van der Waals surface area contributed by atoms with Crippen LogP contribution in [0.15, 0.2) is 475 Å². The van der Waals surface area contributed by atoms with E-state index in [4.69, 9.17) is 56.4 Å². The molecule has 0 N–H and O–H groups in total. The summed E-state index contributed by atoms with van der Waals surface area (Å²) in [6.07, 6.45) is 0. The van der Waals surface area contributed by atoms with Crippen molar-refractivity contribution in [2.75, 3.05) is 0 Å². The smallest absolute Gasteiger partial charge is 0.231 e. The molecule has 13 heteroatoms. The van der Waals surface area contributed by atoms with Crippen molar-refractivity contribution in [2.24, 2.45) is 0 Å². The maximum absolute atomic E-state index is 6.43. The third-order valence-electron chi connectivity index (χ3n) is 26.6. The molecule has 0 aliphatic carbocycles. The molecular formula is C126H74N6O6S. The molecule has 0 radical (unpaired) electrons. The van der Waals surface area contributed by atoms with Crippen molar-refractivity contribution in [3.8, 4) is 135 Å². The number of fused-ring (bicyclic) bond motifs is 21. The SMILES string of the molecule is c1ccc(-c2ccc(-c3cccc(-c4cccc(-c5nc(-c6cccc7oc8ccccc8c67)nc6oc7ccccc7c56)c4)c3)cc2)cc1.c1ccc(-c2ccc(-c3cccc(-c4cccc(-c5nc(-c6cccc7sc8ccccc8c67)nc6oc7ccccc7c56)c4)c3)cc2)cc1.c1ccc2c(c1)oc1c(-c3nc(-c4cccc5c4oc4ccccc45)c4c(n3)oc3ccccc34)cccc12. The average Bonchev–Trinajstić information content (AvgIpc) is 1.53. The Kier molecular flexibility index (Phi) is 19.2. The molecule has 10 heterocycles. The highest BCUT2D eigenvalue weighted by Crippen LogP contribution is 2.49. The number of furan rings is 6. The summed E-state index contributed by atoms with van der Waals surface area (Å²) in [7, 11) is 0. The molecule has 0 fully saturated rings. The predicted molar refractivity (Wildman–Crippen MR) is 568 cm³/mol. The number of aromatic nitrogens is 6. The normalized spacial score (nSPS) is 11.7. The van der Waals surface area contributed by atoms with Gasteiger partial charge in [0.2, 0.25) is 17.1 Å². The first-order valence-corrected chi connectivity index (χ1v) is 47.1. The van der Waals surface area contributed by atoms with Crippen molar-refractivity contribution >= 4 is 164 Å². The second-order valence-corrected chi connectivity index (χ2v) is 35.9. The molecule has 0 atom stereocenters. The Morgan fingerprint density at radius 1 is 0.151 bits per heavy atom. The fraction of sp³-hybridized carbons (Fsp3) is 0. The molecule has 10 aromatic heterocycles. The summed E-state index contributed by atoms with van der Waals surface area (Å²) >= 11 is 1.80. The lowest BCUT2D eigenvalue weighted by Gasteiger charge is -2.11. The maximum Gasteiger partial charge on any atom is 0.231 e. The predicted octanol–water partition coefficient (Wildman–Crippen LogP) is 35.2. The maximum atomic E-state index is 6.43. The molecule has 0 amide bonds. The summed E-state index contributed by atoms with van der Waals surface area (Å²) in [6.45, 7) is 0. The fourth-order valence-electron chi connectivity index (χ4n) is 20.0. The van der Waals surface area contributed by atoms with Crippen LogP contribution in [0.2, 0.25) is 0 Å². The number of nitrogens with zero attached hydrogens (tertiary/aromatic N) is 6. The molecule has 650 valence electrons. The Morgan fingerprint density at radius 3 is 0.892 bits per heavy atom. The second kappa shape index (κ2) is 33.3.